The first-order valence-electron chi connectivity index (χ1n) is 10.6. The molecule has 3 amide bonds. The van der Waals surface area contributed by atoms with Crippen LogP contribution >= 0.6 is 0 Å². The zero-order valence-corrected chi connectivity index (χ0v) is 17.9. The Morgan fingerprint density at radius 3 is 2.06 bits per heavy atom. The predicted octanol–water partition coefficient (Wildman–Crippen LogP) is 5.83. The first-order chi connectivity index (χ1) is 16.2. The summed E-state index contributed by atoms with van der Waals surface area (Å²) in [5, 5.41) is 5.06. The number of carbonyl (C=O) groups is 2. The summed E-state index contributed by atoms with van der Waals surface area (Å²) in [5.41, 5.74) is 1.76. The Kier molecular flexibility index (Phi) is 6.54. The number of anilines is 2. The van der Waals surface area contributed by atoms with Gasteiger partial charge in [-0.3, -0.25) is 4.79 Å². The fourth-order valence-electron chi connectivity index (χ4n) is 3.81. The van der Waals surface area contributed by atoms with Crippen LogP contribution in [-0.2, 0) is 11.0 Å². The monoisotopic (exact) mass is 471 g/mol. The lowest BCUT2D eigenvalue weighted by Crippen LogP contribution is -2.53. The van der Waals surface area contributed by atoms with Gasteiger partial charge in [0, 0.05) is 17.9 Å². The Morgan fingerprint density at radius 2 is 1.47 bits per heavy atom. The number of nitrogens with one attached hydrogen (secondary N) is 2. The molecule has 0 aliphatic carbocycles. The number of amides is 3. The van der Waals surface area contributed by atoms with Gasteiger partial charge < -0.3 is 15.5 Å². The number of nitrogens with zero attached hydrogens (tertiary/aromatic N) is 1. The largest absolute Gasteiger partial charge is 0.416 e. The van der Waals surface area contributed by atoms with Gasteiger partial charge in [-0.25, -0.2) is 9.18 Å². The minimum absolute atomic E-state index is 0.182. The molecule has 3 aromatic rings. The summed E-state index contributed by atoms with van der Waals surface area (Å²) in [4.78, 5) is 26.9. The van der Waals surface area contributed by atoms with Crippen molar-refractivity contribution in [2.75, 3.05) is 16.8 Å². The standard InChI is InChI=1S/C25H21F4N3O2/c26-19-9-3-16(4-10-19)17-5-13-21(14-6-17)32-15-1-2-22(23(32)33)31-24(34)30-20-11-7-18(8-12-20)25(27,28)29/h3-14,22H,1-2,15H2,(H2,30,31,34). The van der Waals surface area contributed by atoms with Gasteiger partial charge in [0.2, 0.25) is 5.91 Å². The minimum atomic E-state index is -4.46. The van der Waals surface area contributed by atoms with Crippen LogP contribution in [0, 0.1) is 5.82 Å². The van der Waals surface area contributed by atoms with Crippen molar-refractivity contribution in [3.05, 3.63) is 84.2 Å². The molecular weight excluding hydrogens is 450 g/mol. The summed E-state index contributed by atoms with van der Waals surface area (Å²) < 4.78 is 51.2. The summed E-state index contributed by atoms with van der Waals surface area (Å²) in [7, 11) is 0. The van der Waals surface area contributed by atoms with E-state index in [1.54, 1.807) is 29.2 Å². The number of hydrogen-bond acceptors (Lipinski definition) is 2. The molecule has 2 N–H and O–H groups in total. The zero-order valence-electron chi connectivity index (χ0n) is 17.9. The van der Waals surface area contributed by atoms with Crippen LogP contribution in [0.15, 0.2) is 72.8 Å². The van der Waals surface area contributed by atoms with Crippen molar-refractivity contribution < 1.29 is 27.2 Å². The summed E-state index contributed by atoms with van der Waals surface area (Å²) >= 11 is 0. The van der Waals surface area contributed by atoms with Crippen molar-refractivity contribution in [3.63, 3.8) is 0 Å². The molecule has 1 atom stereocenters. The maximum atomic E-state index is 13.1. The predicted molar refractivity (Wildman–Crippen MR) is 121 cm³/mol. The molecule has 9 heteroatoms. The molecular formula is C25H21F4N3O2. The molecule has 4 rings (SSSR count). The van der Waals surface area contributed by atoms with E-state index in [1.807, 2.05) is 12.1 Å². The van der Waals surface area contributed by atoms with Crippen molar-refractivity contribution in [1.82, 2.24) is 5.32 Å². The van der Waals surface area contributed by atoms with Crippen LogP contribution in [0.1, 0.15) is 18.4 Å². The van der Waals surface area contributed by atoms with Gasteiger partial charge in [-0.15, -0.1) is 0 Å². The number of alkyl halides is 3. The number of benzene rings is 3. The van der Waals surface area contributed by atoms with E-state index in [1.165, 1.54) is 12.1 Å². The third-order valence-electron chi connectivity index (χ3n) is 5.57. The lowest BCUT2D eigenvalue weighted by Gasteiger charge is -2.32. The molecule has 1 aliphatic rings. The number of hydrogen-bond donors (Lipinski definition) is 2. The fourth-order valence-corrected chi connectivity index (χ4v) is 3.81. The highest BCUT2D eigenvalue weighted by Gasteiger charge is 2.32. The number of urea groups is 1. The Morgan fingerprint density at radius 1 is 0.882 bits per heavy atom. The van der Waals surface area contributed by atoms with E-state index in [-0.39, 0.29) is 17.4 Å². The van der Waals surface area contributed by atoms with Gasteiger partial charge in [-0.1, -0.05) is 24.3 Å². The Balaban J connectivity index is 1.38. The normalized spacial score (nSPS) is 16.3. The zero-order chi connectivity index (χ0) is 24.3. The van der Waals surface area contributed by atoms with Crippen LogP contribution in [0.5, 0.6) is 0 Å². The van der Waals surface area contributed by atoms with E-state index >= 15 is 0 Å². The summed E-state index contributed by atoms with van der Waals surface area (Å²) in [6, 6.07) is 16.0. The minimum Gasteiger partial charge on any atom is -0.326 e. The molecule has 5 nitrogen and oxygen atoms in total. The molecule has 1 saturated heterocycles. The Bertz CT molecular complexity index is 1160. The molecule has 0 radical (unpaired) electrons. The SMILES string of the molecule is O=C(Nc1ccc(C(F)(F)F)cc1)NC1CCCN(c2ccc(-c3ccc(F)cc3)cc2)C1=O. The van der Waals surface area contributed by atoms with Gasteiger partial charge in [0.05, 0.1) is 5.56 Å². The number of carbonyl (C=O) groups excluding carboxylic acids is 2. The first kappa shape index (κ1) is 23.3. The van der Waals surface area contributed by atoms with Gasteiger partial charge >= 0.3 is 12.2 Å². The number of piperidine rings is 1. The summed E-state index contributed by atoms with van der Waals surface area (Å²) in [6.45, 7) is 0.493. The van der Waals surface area contributed by atoms with Crippen LogP contribution in [-0.4, -0.2) is 24.5 Å². The van der Waals surface area contributed by atoms with E-state index < -0.39 is 23.8 Å². The molecule has 1 unspecified atom stereocenters. The molecule has 34 heavy (non-hydrogen) atoms. The summed E-state index contributed by atoms with van der Waals surface area (Å²) in [6.07, 6.45) is -3.35. The molecule has 3 aromatic carbocycles. The summed E-state index contributed by atoms with van der Waals surface area (Å²) in [5.74, 6) is -0.594. The maximum absolute atomic E-state index is 13.1. The second-order valence-corrected chi connectivity index (χ2v) is 7.91. The number of halogens is 4. The lowest BCUT2D eigenvalue weighted by atomic mass is 10.0. The van der Waals surface area contributed by atoms with Crippen LogP contribution in [0.4, 0.5) is 33.7 Å². The highest BCUT2D eigenvalue weighted by molar-refractivity contribution is 6.01. The molecule has 0 bridgehead atoms. The Hall–Kier alpha value is -3.88. The second kappa shape index (κ2) is 9.54. The van der Waals surface area contributed by atoms with Crippen LogP contribution in [0.25, 0.3) is 11.1 Å². The molecule has 1 fully saturated rings. The molecule has 1 aliphatic heterocycles. The third-order valence-corrected chi connectivity index (χ3v) is 5.57. The third kappa shape index (κ3) is 5.36. The smallest absolute Gasteiger partial charge is 0.326 e. The van der Waals surface area contributed by atoms with Gasteiger partial charge in [-0.2, -0.15) is 13.2 Å². The van der Waals surface area contributed by atoms with Crippen molar-refractivity contribution in [1.29, 1.82) is 0 Å². The lowest BCUT2D eigenvalue weighted by molar-refractivity contribution is -0.137. The quantitative estimate of drug-likeness (QED) is 0.471. The maximum Gasteiger partial charge on any atom is 0.416 e. The van der Waals surface area contributed by atoms with Crippen LogP contribution in [0.2, 0.25) is 0 Å². The van der Waals surface area contributed by atoms with Gasteiger partial charge in [0.15, 0.2) is 0 Å². The molecule has 0 saturated carbocycles. The van der Waals surface area contributed by atoms with Crippen LogP contribution < -0.4 is 15.5 Å². The van der Waals surface area contributed by atoms with Crippen molar-refractivity contribution in [2.24, 2.45) is 0 Å². The first-order valence-corrected chi connectivity index (χ1v) is 10.6. The highest BCUT2D eigenvalue weighted by atomic mass is 19.4. The molecule has 1 heterocycles. The Labute approximate surface area is 193 Å². The van der Waals surface area contributed by atoms with Gasteiger partial charge in [-0.05, 0) is 72.5 Å². The van der Waals surface area contributed by atoms with Gasteiger partial charge in [0.25, 0.3) is 0 Å². The molecule has 0 spiro atoms. The number of rotatable bonds is 4. The second-order valence-electron chi connectivity index (χ2n) is 7.91. The van der Waals surface area contributed by atoms with E-state index in [9.17, 15) is 27.2 Å². The van der Waals surface area contributed by atoms with Crippen molar-refractivity contribution in [3.8, 4) is 11.1 Å². The average Bonchev–Trinajstić information content (AvgIpc) is 2.81. The molecule has 0 aromatic heterocycles. The van der Waals surface area contributed by atoms with E-state index in [4.69, 9.17) is 0 Å². The average molecular weight is 471 g/mol. The van der Waals surface area contributed by atoms with Crippen molar-refractivity contribution in [2.45, 2.75) is 25.1 Å². The van der Waals surface area contributed by atoms with E-state index in [0.29, 0.717) is 25.1 Å². The fraction of sp³-hybridized carbons (Fsp3) is 0.200. The van der Waals surface area contributed by atoms with E-state index in [2.05, 4.69) is 10.6 Å². The van der Waals surface area contributed by atoms with Gasteiger partial charge in [0.1, 0.15) is 11.9 Å². The topological polar surface area (TPSA) is 61.4 Å². The van der Waals surface area contributed by atoms with Crippen molar-refractivity contribution >= 4 is 23.3 Å². The molecule has 176 valence electrons. The highest BCUT2D eigenvalue weighted by Crippen LogP contribution is 2.30. The van der Waals surface area contributed by atoms with Crippen LogP contribution in [0.3, 0.4) is 0 Å². The van der Waals surface area contributed by atoms with E-state index in [0.717, 1.165) is 35.4 Å².